The van der Waals surface area contributed by atoms with E-state index in [9.17, 15) is 4.79 Å². The van der Waals surface area contributed by atoms with Gasteiger partial charge in [0.15, 0.2) is 11.5 Å². The van der Waals surface area contributed by atoms with Crippen LogP contribution in [0.1, 0.15) is 12.0 Å². The number of hydrogen-bond acceptors (Lipinski definition) is 4. The summed E-state index contributed by atoms with van der Waals surface area (Å²) in [4.78, 5) is 13.4. The van der Waals surface area contributed by atoms with E-state index in [0.717, 1.165) is 17.1 Å². The van der Waals surface area contributed by atoms with Crippen LogP contribution in [0.4, 0.5) is 0 Å². The molecule has 90 valence electrons. The fourth-order valence-corrected chi connectivity index (χ4v) is 2.28. The van der Waals surface area contributed by atoms with Gasteiger partial charge in [0.05, 0.1) is 0 Å². The standard InChI is InChI=1S/C12H14N2O3/c13-9-4-11(15)14(6-9)5-8-2-1-3-10-12(8)17-7-16-10/h1-3,9H,4-7,13H2. The molecule has 0 spiro atoms. The number of rotatable bonds is 2. The second-order valence-corrected chi connectivity index (χ2v) is 4.39. The highest BCUT2D eigenvalue weighted by atomic mass is 16.7. The van der Waals surface area contributed by atoms with E-state index in [2.05, 4.69) is 0 Å². The third-order valence-corrected chi connectivity index (χ3v) is 3.08. The van der Waals surface area contributed by atoms with Crippen molar-refractivity contribution in [3.8, 4) is 11.5 Å². The largest absolute Gasteiger partial charge is 0.454 e. The first-order valence-corrected chi connectivity index (χ1v) is 5.65. The number of fused-ring (bicyclic) bond motifs is 1. The molecule has 1 aromatic carbocycles. The maximum absolute atomic E-state index is 11.7. The SMILES string of the molecule is NC1CC(=O)N(Cc2cccc3c2OCO3)C1. The lowest BCUT2D eigenvalue weighted by atomic mass is 10.2. The number of carbonyl (C=O) groups excluding carboxylic acids is 1. The van der Waals surface area contributed by atoms with Crippen molar-refractivity contribution in [2.45, 2.75) is 19.0 Å². The Bertz CT molecular complexity index is 461. The summed E-state index contributed by atoms with van der Waals surface area (Å²) in [6, 6.07) is 5.67. The van der Waals surface area contributed by atoms with Crippen LogP contribution in [0.2, 0.25) is 0 Å². The maximum atomic E-state index is 11.7. The van der Waals surface area contributed by atoms with Crippen LogP contribution in [0, 0.1) is 0 Å². The zero-order valence-corrected chi connectivity index (χ0v) is 9.39. The molecule has 1 aromatic rings. The van der Waals surface area contributed by atoms with E-state index in [-0.39, 0.29) is 18.7 Å². The van der Waals surface area contributed by atoms with Gasteiger partial charge >= 0.3 is 0 Å². The minimum atomic E-state index is -0.0450. The van der Waals surface area contributed by atoms with Crippen molar-refractivity contribution in [3.05, 3.63) is 23.8 Å². The van der Waals surface area contributed by atoms with E-state index in [1.807, 2.05) is 18.2 Å². The van der Waals surface area contributed by atoms with Crippen molar-refractivity contribution in [2.75, 3.05) is 13.3 Å². The maximum Gasteiger partial charge on any atom is 0.231 e. The molecule has 2 heterocycles. The molecular formula is C12H14N2O3. The van der Waals surface area contributed by atoms with E-state index in [1.54, 1.807) is 4.90 Å². The Morgan fingerprint density at radius 2 is 2.29 bits per heavy atom. The summed E-state index contributed by atoms with van der Waals surface area (Å²) in [6.07, 6.45) is 0.437. The van der Waals surface area contributed by atoms with Gasteiger partial charge in [-0.3, -0.25) is 4.79 Å². The Morgan fingerprint density at radius 3 is 3.06 bits per heavy atom. The van der Waals surface area contributed by atoms with Crippen molar-refractivity contribution in [2.24, 2.45) is 5.73 Å². The third kappa shape index (κ3) is 1.82. The highest BCUT2D eigenvalue weighted by molar-refractivity contribution is 5.79. The Hall–Kier alpha value is -1.75. The smallest absolute Gasteiger partial charge is 0.231 e. The number of carbonyl (C=O) groups is 1. The van der Waals surface area contributed by atoms with Gasteiger partial charge in [-0.25, -0.2) is 0 Å². The molecule has 1 atom stereocenters. The number of para-hydroxylation sites is 1. The van der Waals surface area contributed by atoms with Crippen molar-refractivity contribution < 1.29 is 14.3 Å². The first-order valence-electron chi connectivity index (χ1n) is 5.65. The monoisotopic (exact) mass is 234 g/mol. The van der Waals surface area contributed by atoms with Crippen molar-refractivity contribution >= 4 is 5.91 Å². The molecule has 1 amide bonds. The zero-order valence-electron chi connectivity index (χ0n) is 9.39. The van der Waals surface area contributed by atoms with E-state index < -0.39 is 0 Å². The number of benzene rings is 1. The highest BCUT2D eigenvalue weighted by Gasteiger charge is 2.28. The normalized spacial score (nSPS) is 22.3. The lowest BCUT2D eigenvalue weighted by molar-refractivity contribution is -0.128. The van der Waals surface area contributed by atoms with Crippen LogP contribution in [-0.4, -0.2) is 30.2 Å². The van der Waals surface area contributed by atoms with Crippen LogP contribution in [0.5, 0.6) is 11.5 Å². The Morgan fingerprint density at radius 1 is 1.41 bits per heavy atom. The summed E-state index contributed by atoms with van der Waals surface area (Å²) in [5.74, 6) is 1.60. The Labute approximate surface area is 99.1 Å². The van der Waals surface area contributed by atoms with Gasteiger partial charge in [-0.15, -0.1) is 0 Å². The number of hydrogen-bond donors (Lipinski definition) is 1. The van der Waals surface area contributed by atoms with Crippen LogP contribution in [-0.2, 0) is 11.3 Å². The summed E-state index contributed by atoms with van der Waals surface area (Å²) >= 11 is 0. The average molecular weight is 234 g/mol. The molecule has 2 aliphatic heterocycles. The van der Waals surface area contributed by atoms with Gasteiger partial charge < -0.3 is 20.1 Å². The van der Waals surface area contributed by atoms with E-state index in [4.69, 9.17) is 15.2 Å². The minimum absolute atomic E-state index is 0.0450. The topological polar surface area (TPSA) is 64.8 Å². The number of likely N-dealkylation sites (tertiary alicyclic amines) is 1. The predicted molar refractivity (Wildman–Crippen MR) is 60.6 cm³/mol. The quantitative estimate of drug-likeness (QED) is 0.808. The summed E-state index contributed by atoms with van der Waals surface area (Å²) in [7, 11) is 0. The molecule has 5 nitrogen and oxygen atoms in total. The molecule has 0 bridgehead atoms. The van der Waals surface area contributed by atoms with Crippen molar-refractivity contribution in [1.29, 1.82) is 0 Å². The molecular weight excluding hydrogens is 220 g/mol. The molecule has 5 heteroatoms. The lowest BCUT2D eigenvalue weighted by Crippen LogP contribution is -2.27. The molecule has 2 aliphatic rings. The summed E-state index contributed by atoms with van der Waals surface area (Å²) in [6.45, 7) is 1.40. The third-order valence-electron chi connectivity index (χ3n) is 3.08. The molecule has 1 fully saturated rings. The van der Waals surface area contributed by atoms with Gasteiger partial charge in [-0.1, -0.05) is 12.1 Å². The Balaban J connectivity index is 1.82. The Kier molecular flexibility index (Phi) is 2.40. The molecule has 3 rings (SSSR count). The average Bonchev–Trinajstić information content (AvgIpc) is 2.87. The van der Waals surface area contributed by atoms with Gasteiger partial charge in [0.25, 0.3) is 0 Å². The number of nitrogens with zero attached hydrogens (tertiary/aromatic N) is 1. The molecule has 0 aliphatic carbocycles. The predicted octanol–water partition coefficient (Wildman–Crippen LogP) is 0.475. The number of ether oxygens (including phenoxy) is 2. The number of amides is 1. The summed E-state index contributed by atoms with van der Waals surface area (Å²) in [5, 5.41) is 0. The van der Waals surface area contributed by atoms with E-state index >= 15 is 0 Å². The second kappa shape index (κ2) is 3.92. The molecule has 17 heavy (non-hydrogen) atoms. The van der Waals surface area contributed by atoms with Crippen LogP contribution in [0.3, 0.4) is 0 Å². The summed E-state index contributed by atoms with van der Waals surface area (Å²) < 4.78 is 10.7. The van der Waals surface area contributed by atoms with Crippen LogP contribution in [0.25, 0.3) is 0 Å². The van der Waals surface area contributed by atoms with Gasteiger partial charge in [0.1, 0.15) is 0 Å². The number of nitrogens with two attached hydrogens (primary N) is 1. The zero-order chi connectivity index (χ0) is 11.8. The van der Waals surface area contributed by atoms with Crippen molar-refractivity contribution in [1.82, 2.24) is 4.90 Å². The molecule has 1 unspecified atom stereocenters. The second-order valence-electron chi connectivity index (χ2n) is 4.39. The van der Waals surface area contributed by atoms with Gasteiger partial charge in [0.2, 0.25) is 12.7 Å². The fourth-order valence-electron chi connectivity index (χ4n) is 2.28. The first-order chi connectivity index (χ1) is 8.24. The molecule has 0 saturated carbocycles. The van der Waals surface area contributed by atoms with Crippen molar-refractivity contribution in [3.63, 3.8) is 0 Å². The molecule has 1 saturated heterocycles. The van der Waals surface area contributed by atoms with Crippen LogP contribution in [0.15, 0.2) is 18.2 Å². The van der Waals surface area contributed by atoms with Crippen LogP contribution < -0.4 is 15.2 Å². The summed E-state index contributed by atoms with van der Waals surface area (Å²) in [5.41, 5.74) is 6.74. The van der Waals surface area contributed by atoms with Crippen LogP contribution >= 0.6 is 0 Å². The minimum Gasteiger partial charge on any atom is -0.454 e. The highest BCUT2D eigenvalue weighted by Crippen LogP contribution is 2.36. The molecule has 0 aromatic heterocycles. The van der Waals surface area contributed by atoms with E-state index in [0.29, 0.717) is 19.5 Å². The first kappa shape index (κ1) is 10.4. The fraction of sp³-hybridized carbons (Fsp3) is 0.417. The van der Waals surface area contributed by atoms with Gasteiger partial charge in [-0.2, -0.15) is 0 Å². The molecule has 2 N–H and O–H groups in total. The lowest BCUT2D eigenvalue weighted by Gasteiger charge is -2.16. The van der Waals surface area contributed by atoms with Gasteiger partial charge in [0, 0.05) is 31.1 Å². The van der Waals surface area contributed by atoms with E-state index in [1.165, 1.54) is 0 Å². The van der Waals surface area contributed by atoms with Gasteiger partial charge in [-0.05, 0) is 6.07 Å². The molecule has 0 radical (unpaired) electrons.